The van der Waals surface area contributed by atoms with E-state index in [1.165, 1.54) is 7.11 Å². The molecule has 0 bridgehead atoms. The molecule has 0 heterocycles. The lowest BCUT2D eigenvalue weighted by Gasteiger charge is -2.04. The van der Waals surface area contributed by atoms with Crippen LogP contribution in [0.2, 0.25) is 0 Å². The molecule has 0 amide bonds. The Hall–Kier alpha value is -1.26. The van der Waals surface area contributed by atoms with E-state index in [9.17, 15) is 5.11 Å². The molecule has 0 fully saturated rings. The van der Waals surface area contributed by atoms with Crippen LogP contribution >= 0.6 is 21.6 Å². The Kier molecular flexibility index (Phi) is 12.0. The molecule has 1 aromatic rings. The summed E-state index contributed by atoms with van der Waals surface area (Å²) in [5.74, 6) is 2.73. The zero-order valence-electron chi connectivity index (χ0n) is 11.9. The molecule has 1 rings (SSSR count). The molecule has 0 atom stereocenters. The van der Waals surface area contributed by atoms with Crippen molar-refractivity contribution in [3.05, 3.63) is 61.7 Å². The van der Waals surface area contributed by atoms with Crippen molar-refractivity contribution in [3.63, 3.8) is 0 Å². The molecule has 1 aromatic carbocycles. The molecule has 110 valence electrons. The third-order valence-electron chi connectivity index (χ3n) is 2.08. The first-order valence-corrected chi connectivity index (χ1v) is 8.61. The number of methoxy groups -OCH3 is 1. The maximum absolute atomic E-state index is 9.25. The van der Waals surface area contributed by atoms with Crippen LogP contribution in [0.3, 0.4) is 0 Å². The van der Waals surface area contributed by atoms with Gasteiger partial charge >= 0.3 is 0 Å². The summed E-state index contributed by atoms with van der Waals surface area (Å²) in [7, 11) is 5.14. The highest BCUT2D eigenvalue weighted by Crippen LogP contribution is 2.26. The van der Waals surface area contributed by atoms with E-state index in [4.69, 9.17) is 4.74 Å². The summed E-state index contributed by atoms with van der Waals surface area (Å²) in [5, 5.41) is 9.25. The van der Waals surface area contributed by atoms with Gasteiger partial charge in [0.15, 0.2) is 11.5 Å². The fourth-order valence-corrected chi connectivity index (χ4v) is 2.75. The maximum Gasteiger partial charge on any atom is 0.160 e. The molecule has 0 aliphatic heterocycles. The summed E-state index contributed by atoms with van der Waals surface area (Å²) in [6, 6.07) is 5.27. The van der Waals surface area contributed by atoms with Gasteiger partial charge in [0.25, 0.3) is 0 Å². The largest absolute Gasteiger partial charge is 0.504 e. The predicted octanol–water partition coefficient (Wildman–Crippen LogP) is 4.87. The second-order valence-electron chi connectivity index (χ2n) is 3.65. The van der Waals surface area contributed by atoms with Gasteiger partial charge in [-0.05, 0) is 24.1 Å². The standard InChI is InChI=1S/C10H12O2.C6H10S2/c1-3-4-8-5-6-9(11)10(7-8)12-2;1-3-5-7-8-6-4-2/h3,5-7,11H,1,4H2,2H3;3-4H,1-2,5-6H2. The van der Waals surface area contributed by atoms with Crippen molar-refractivity contribution in [2.75, 3.05) is 18.6 Å². The number of phenolic OH excluding ortho intramolecular Hbond substituents is 1. The summed E-state index contributed by atoms with van der Waals surface area (Å²) in [6.07, 6.45) is 6.41. The Morgan fingerprint density at radius 1 is 1.10 bits per heavy atom. The third-order valence-corrected chi connectivity index (χ3v) is 4.31. The minimum absolute atomic E-state index is 0.172. The lowest BCUT2D eigenvalue weighted by Crippen LogP contribution is -1.86. The third kappa shape index (κ3) is 8.77. The number of ether oxygens (including phenoxy) is 1. The van der Waals surface area contributed by atoms with Gasteiger partial charge in [-0.1, -0.05) is 45.9 Å². The highest BCUT2D eigenvalue weighted by atomic mass is 33.1. The zero-order chi connectivity index (χ0) is 15.2. The van der Waals surface area contributed by atoms with Crippen molar-refractivity contribution in [1.82, 2.24) is 0 Å². The normalized spacial score (nSPS) is 9.05. The Morgan fingerprint density at radius 2 is 1.70 bits per heavy atom. The van der Waals surface area contributed by atoms with Crippen LogP contribution < -0.4 is 4.74 Å². The molecule has 0 radical (unpaired) electrons. The van der Waals surface area contributed by atoms with Gasteiger partial charge in [-0.15, -0.1) is 19.7 Å². The Morgan fingerprint density at radius 3 is 2.15 bits per heavy atom. The van der Waals surface area contributed by atoms with Crippen molar-refractivity contribution < 1.29 is 9.84 Å². The van der Waals surface area contributed by atoms with Gasteiger partial charge < -0.3 is 9.84 Å². The average molecular weight is 310 g/mol. The number of allylic oxidation sites excluding steroid dienone is 1. The minimum Gasteiger partial charge on any atom is -0.504 e. The monoisotopic (exact) mass is 310 g/mol. The van der Waals surface area contributed by atoms with Crippen LogP contribution in [0.5, 0.6) is 11.5 Å². The van der Waals surface area contributed by atoms with Crippen molar-refractivity contribution in [2.45, 2.75) is 6.42 Å². The van der Waals surface area contributed by atoms with Crippen molar-refractivity contribution in [2.24, 2.45) is 0 Å². The van der Waals surface area contributed by atoms with E-state index in [2.05, 4.69) is 19.7 Å². The Labute approximate surface area is 130 Å². The summed E-state index contributed by atoms with van der Waals surface area (Å²) < 4.78 is 4.95. The summed E-state index contributed by atoms with van der Waals surface area (Å²) in [4.78, 5) is 0. The predicted molar refractivity (Wildman–Crippen MR) is 93.9 cm³/mol. The number of rotatable bonds is 8. The van der Waals surface area contributed by atoms with Gasteiger partial charge in [0.1, 0.15) is 0 Å². The van der Waals surface area contributed by atoms with E-state index >= 15 is 0 Å². The summed E-state index contributed by atoms with van der Waals surface area (Å²) >= 11 is 0. The maximum atomic E-state index is 9.25. The van der Waals surface area contributed by atoms with Crippen LogP contribution in [0.1, 0.15) is 5.56 Å². The molecule has 0 saturated heterocycles. The number of phenols is 1. The number of hydrogen-bond donors (Lipinski definition) is 1. The van der Waals surface area contributed by atoms with Crippen LogP contribution in [0.4, 0.5) is 0 Å². The Balaban J connectivity index is 0.000000396. The lowest BCUT2D eigenvalue weighted by molar-refractivity contribution is 0.373. The lowest BCUT2D eigenvalue weighted by atomic mass is 10.1. The van der Waals surface area contributed by atoms with E-state index in [1.807, 2.05) is 24.3 Å². The van der Waals surface area contributed by atoms with Crippen LogP contribution in [0.25, 0.3) is 0 Å². The van der Waals surface area contributed by atoms with E-state index in [0.29, 0.717) is 5.75 Å². The number of aromatic hydroxyl groups is 1. The van der Waals surface area contributed by atoms with Gasteiger partial charge in [0, 0.05) is 11.5 Å². The molecule has 4 heteroatoms. The van der Waals surface area contributed by atoms with Crippen molar-refractivity contribution in [1.29, 1.82) is 0 Å². The topological polar surface area (TPSA) is 29.5 Å². The van der Waals surface area contributed by atoms with Crippen LogP contribution in [0.15, 0.2) is 56.2 Å². The molecule has 0 saturated carbocycles. The highest BCUT2D eigenvalue weighted by molar-refractivity contribution is 8.76. The van der Waals surface area contributed by atoms with E-state index in [0.717, 1.165) is 23.5 Å². The van der Waals surface area contributed by atoms with Gasteiger partial charge in [0.05, 0.1) is 7.11 Å². The van der Waals surface area contributed by atoms with E-state index in [-0.39, 0.29) is 5.75 Å². The van der Waals surface area contributed by atoms with Crippen LogP contribution in [0, 0.1) is 0 Å². The Bertz CT molecular complexity index is 407. The van der Waals surface area contributed by atoms with Gasteiger partial charge in [-0.25, -0.2) is 0 Å². The first-order chi connectivity index (χ1) is 9.69. The fourth-order valence-electron chi connectivity index (χ4n) is 1.21. The van der Waals surface area contributed by atoms with E-state index in [1.54, 1.807) is 33.7 Å². The summed E-state index contributed by atoms with van der Waals surface area (Å²) in [6.45, 7) is 10.8. The second-order valence-corrected chi connectivity index (χ2v) is 6.20. The fraction of sp³-hybridized carbons (Fsp3) is 0.250. The highest BCUT2D eigenvalue weighted by Gasteiger charge is 2.00. The SMILES string of the molecule is C=CCSSCC=C.C=CCc1ccc(O)c(OC)c1. The quantitative estimate of drug-likeness (QED) is 0.421. The molecular formula is C16H22O2S2. The van der Waals surface area contributed by atoms with Crippen molar-refractivity contribution in [3.8, 4) is 11.5 Å². The molecule has 1 N–H and O–H groups in total. The molecule has 0 spiro atoms. The second kappa shape index (κ2) is 12.8. The van der Waals surface area contributed by atoms with Gasteiger partial charge in [-0.2, -0.15) is 0 Å². The average Bonchev–Trinajstić information content (AvgIpc) is 2.47. The smallest absolute Gasteiger partial charge is 0.160 e. The van der Waals surface area contributed by atoms with Gasteiger partial charge in [0.2, 0.25) is 0 Å². The first kappa shape index (κ1) is 18.7. The van der Waals surface area contributed by atoms with Gasteiger partial charge in [-0.3, -0.25) is 0 Å². The molecule has 0 aromatic heterocycles. The summed E-state index contributed by atoms with van der Waals surface area (Å²) in [5.41, 5.74) is 1.08. The minimum atomic E-state index is 0.172. The van der Waals surface area contributed by atoms with E-state index < -0.39 is 0 Å². The molecule has 0 aliphatic rings. The molecular weight excluding hydrogens is 288 g/mol. The molecule has 0 unspecified atom stereocenters. The number of hydrogen-bond acceptors (Lipinski definition) is 4. The zero-order valence-corrected chi connectivity index (χ0v) is 13.5. The van der Waals surface area contributed by atoms with Crippen LogP contribution in [-0.2, 0) is 6.42 Å². The molecule has 20 heavy (non-hydrogen) atoms. The number of benzene rings is 1. The van der Waals surface area contributed by atoms with Crippen LogP contribution in [-0.4, -0.2) is 23.7 Å². The molecule has 0 aliphatic carbocycles. The van der Waals surface area contributed by atoms with Crippen molar-refractivity contribution >= 4 is 21.6 Å². The molecule has 2 nitrogen and oxygen atoms in total. The first-order valence-electron chi connectivity index (χ1n) is 6.12.